The molecule has 0 radical (unpaired) electrons. The Kier molecular flexibility index (Phi) is 15.7. The molecule has 274 valence electrons. The van der Waals surface area contributed by atoms with E-state index in [2.05, 4.69) is 16.0 Å². The summed E-state index contributed by atoms with van der Waals surface area (Å²) in [4.78, 5) is 68.9. The van der Waals surface area contributed by atoms with Crippen LogP contribution in [0.1, 0.15) is 77.3 Å². The van der Waals surface area contributed by atoms with E-state index in [0.29, 0.717) is 57.2 Å². The molecule has 7 N–H and O–H groups in total. The van der Waals surface area contributed by atoms with E-state index < -0.39 is 47.9 Å². The number of carboxylic acids is 1. The zero-order valence-electron chi connectivity index (χ0n) is 29.8. The zero-order chi connectivity index (χ0) is 36.8. The number of hydrogen-bond acceptors (Lipinski definition) is 7. The van der Waals surface area contributed by atoms with Gasteiger partial charge < -0.3 is 36.8 Å². The fraction of sp³-hybridized carbons (Fsp3) is 0.553. The summed E-state index contributed by atoms with van der Waals surface area (Å²) in [6.45, 7) is 8.22. The van der Waals surface area contributed by atoms with Crippen LogP contribution < -0.4 is 21.7 Å². The van der Waals surface area contributed by atoms with Crippen molar-refractivity contribution in [2.75, 3.05) is 13.1 Å². The van der Waals surface area contributed by atoms with Gasteiger partial charge in [-0.05, 0) is 80.2 Å². The van der Waals surface area contributed by atoms with Crippen molar-refractivity contribution < 1.29 is 34.2 Å². The Morgan fingerprint density at radius 2 is 1.54 bits per heavy atom. The van der Waals surface area contributed by atoms with Crippen LogP contribution in [0, 0.1) is 17.8 Å². The van der Waals surface area contributed by atoms with E-state index in [1.807, 2.05) is 51.1 Å². The number of hydrogen-bond donors (Lipinski definition) is 6. The number of amides is 4. The number of phenols is 1. The first-order chi connectivity index (χ1) is 23.8. The maximum Gasteiger partial charge on any atom is 0.326 e. The van der Waals surface area contributed by atoms with Gasteiger partial charge in [0.1, 0.15) is 29.9 Å². The molecule has 1 heterocycles. The summed E-state index contributed by atoms with van der Waals surface area (Å²) in [5.74, 6) is -3.66. The van der Waals surface area contributed by atoms with Crippen molar-refractivity contribution in [1.82, 2.24) is 20.9 Å². The summed E-state index contributed by atoms with van der Waals surface area (Å²) in [5, 5.41) is 27.8. The van der Waals surface area contributed by atoms with Crippen molar-refractivity contribution in [3.8, 4) is 5.75 Å². The minimum absolute atomic E-state index is 0.00857. The van der Waals surface area contributed by atoms with E-state index in [9.17, 15) is 34.2 Å². The van der Waals surface area contributed by atoms with Gasteiger partial charge in [0.05, 0.1) is 0 Å². The molecule has 0 aliphatic carbocycles. The van der Waals surface area contributed by atoms with Crippen LogP contribution in [-0.4, -0.2) is 82.0 Å². The molecule has 1 saturated heterocycles. The van der Waals surface area contributed by atoms with E-state index in [4.69, 9.17) is 5.73 Å². The van der Waals surface area contributed by atoms with Crippen molar-refractivity contribution in [3.63, 3.8) is 0 Å². The van der Waals surface area contributed by atoms with Gasteiger partial charge in [0.15, 0.2) is 0 Å². The summed E-state index contributed by atoms with van der Waals surface area (Å²) < 4.78 is 0. The Bertz CT molecular complexity index is 1420. The number of carboxylic acid groups (broad SMARTS) is 1. The highest BCUT2D eigenvalue weighted by molar-refractivity contribution is 5.95. The molecule has 12 nitrogen and oxygen atoms in total. The van der Waals surface area contributed by atoms with E-state index in [1.54, 1.807) is 24.0 Å². The first-order valence-corrected chi connectivity index (χ1v) is 17.8. The molecule has 1 fully saturated rings. The summed E-state index contributed by atoms with van der Waals surface area (Å²) in [5.41, 5.74) is 7.47. The van der Waals surface area contributed by atoms with Gasteiger partial charge in [-0.25, -0.2) is 4.79 Å². The largest absolute Gasteiger partial charge is 0.508 e. The predicted octanol–water partition coefficient (Wildman–Crippen LogP) is 3.15. The molecule has 0 spiro atoms. The number of carbonyl (C=O) groups excluding carboxylic acids is 4. The van der Waals surface area contributed by atoms with Gasteiger partial charge >= 0.3 is 5.97 Å². The third-order valence-electron chi connectivity index (χ3n) is 9.39. The van der Waals surface area contributed by atoms with E-state index in [0.717, 1.165) is 5.56 Å². The van der Waals surface area contributed by atoms with E-state index in [1.165, 1.54) is 12.1 Å². The normalized spacial score (nSPS) is 17.3. The Labute approximate surface area is 295 Å². The number of phenolic OH excluding ortho intramolecular Hbond substituents is 1. The molecule has 50 heavy (non-hydrogen) atoms. The maximum absolute atomic E-state index is 14.0. The number of aromatic hydroxyl groups is 1. The molecule has 0 saturated carbocycles. The number of likely N-dealkylation sites (tertiary alicyclic amines) is 1. The number of nitrogens with two attached hydrogens (primary N) is 1. The number of aliphatic carboxylic acids is 1. The number of nitrogens with zero attached hydrogens (tertiary/aromatic N) is 1. The van der Waals surface area contributed by atoms with Crippen molar-refractivity contribution in [1.29, 1.82) is 0 Å². The Morgan fingerprint density at radius 1 is 0.880 bits per heavy atom. The fourth-order valence-corrected chi connectivity index (χ4v) is 6.37. The molecule has 4 amide bonds. The molecule has 0 aromatic heterocycles. The molecule has 12 heteroatoms. The van der Waals surface area contributed by atoms with Crippen LogP contribution in [0.2, 0.25) is 0 Å². The Balaban J connectivity index is 1.84. The minimum Gasteiger partial charge on any atom is -0.508 e. The molecule has 0 bridgehead atoms. The molecule has 2 aromatic rings. The first-order valence-electron chi connectivity index (χ1n) is 17.8. The lowest BCUT2D eigenvalue weighted by Crippen LogP contribution is -2.59. The van der Waals surface area contributed by atoms with Crippen LogP contribution in [-0.2, 0) is 36.8 Å². The minimum atomic E-state index is -1.16. The van der Waals surface area contributed by atoms with Crippen LogP contribution >= 0.6 is 0 Å². The van der Waals surface area contributed by atoms with Crippen LogP contribution in [0.3, 0.4) is 0 Å². The Hall–Kier alpha value is -4.45. The third kappa shape index (κ3) is 11.9. The summed E-state index contributed by atoms with van der Waals surface area (Å²) >= 11 is 0. The van der Waals surface area contributed by atoms with Crippen LogP contribution in [0.15, 0.2) is 54.6 Å². The van der Waals surface area contributed by atoms with Gasteiger partial charge in [0.2, 0.25) is 23.6 Å². The monoisotopic (exact) mass is 693 g/mol. The molecular formula is C38H55N5O7. The van der Waals surface area contributed by atoms with Crippen molar-refractivity contribution in [3.05, 3.63) is 65.7 Å². The maximum atomic E-state index is 14.0. The molecular weight excluding hydrogens is 638 g/mol. The second kappa shape index (κ2) is 19.7. The fourth-order valence-electron chi connectivity index (χ4n) is 6.37. The quantitative estimate of drug-likeness (QED) is 0.129. The van der Waals surface area contributed by atoms with Crippen LogP contribution in [0.25, 0.3) is 0 Å². The third-order valence-corrected chi connectivity index (χ3v) is 9.39. The number of rotatable bonds is 19. The highest BCUT2D eigenvalue weighted by Crippen LogP contribution is 2.25. The summed E-state index contributed by atoms with van der Waals surface area (Å²) in [6, 6.07) is 11.9. The molecule has 1 aliphatic heterocycles. The highest BCUT2D eigenvalue weighted by atomic mass is 16.4. The zero-order valence-corrected chi connectivity index (χ0v) is 29.8. The summed E-state index contributed by atoms with van der Waals surface area (Å²) in [6.07, 6.45) is 3.62. The summed E-state index contributed by atoms with van der Waals surface area (Å²) in [7, 11) is 0. The van der Waals surface area contributed by atoms with Gasteiger partial charge in [-0.2, -0.15) is 0 Å². The average Bonchev–Trinajstić information content (AvgIpc) is 3.59. The van der Waals surface area contributed by atoms with E-state index >= 15 is 0 Å². The SMILES string of the molecule is CC[C@H](C)[C@H](NC(=O)[C@H](Cc1ccc(O)cc1)NC(=O)[C@@H]1CCCN1C(=O)C(CCCN)Cc1ccccc1)C(=O)N[C@@H](CC(C)C)C(=O)O. The van der Waals surface area contributed by atoms with Crippen LogP contribution in [0.5, 0.6) is 5.75 Å². The van der Waals surface area contributed by atoms with Crippen molar-refractivity contribution in [2.45, 2.75) is 103 Å². The standard InChI is InChI=1S/C38H55N5O7/c1-5-25(4)33(36(47)41-31(38(49)50)21-24(2)3)42-34(45)30(23-27-15-17-29(44)18-16-27)40-35(46)32-14-10-20-43(32)37(48)28(13-9-19-39)22-26-11-7-6-8-12-26/h6-8,11-12,15-18,24-25,28,30-33,44H,5,9-10,13-14,19-23,39H2,1-4H3,(H,40,46)(H,41,47)(H,42,45)(H,49,50)/t25-,28?,30-,31-,32-,33-/m0/s1. The second-order valence-electron chi connectivity index (χ2n) is 13.8. The molecule has 1 unspecified atom stereocenters. The van der Waals surface area contributed by atoms with Gasteiger partial charge in [-0.1, -0.05) is 76.6 Å². The number of benzene rings is 2. The van der Waals surface area contributed by atoms with Crippen molar-refractivity contribution in [2.24, 2.45) is 23.5 Å². The lowest BCUT2D eigenvalue weighted by atomic mass is 9.93. The van der Waals surface area contributed by atoms with Gasteiger partial charge in [0, 0.05) is 18.9 Å². The van der Waals surface area contributed by atoms with Crippen molar-refractivity contribution >= 4 is 29.6 Å². The lowest BCUT2D eigenvalue weighted by Gasteiger charge is -2.31. The van der Waals surface area contributed by atoms with Gasteiger partial charge in [-0.3, -0.25) is 19.2 Å². The average molecular weight is 694 g/mol. The highest BCUT2D eigenvalue weighted by Gasteiger charge is 2.39. The molecule has 3 rings (SSSR count). The predicted molar refractivity (Wildman–Crippen MR) is 191 cm³/mol. The number of nitrogens with one attached hydrogen (secondary N) is 3. The first kappa shape index (κ1) is 40.0. The molecule has 1 aliphatic rings. The smallest absolute Gasteiger partial charge is 0.326 e. The topological polar surface area (TPSA) is 191 Å². The van der Waals surface area contributed by atoms with Gasteiger partial charge in [0.25, 0.3) is 0 Å². The molecule has 6 atom stereocenters. The lowest BCUT2D eigenvalue weighted by molar-refractivity contribution is -0.143. The van der Waals surface area contributed by atoms with Crippen LogP contribution in [0.4, 0.5) is 0 Å². The van der Waals surface area contributed by atoms with E-state index in [-0.39, 0.29) is 42.3 Å². The number of carbonyl (C=O) groups is 5. The van der Waals surface area contributed by atoms with Gasteiger partial charge in [-0.15, -0.1) is 0 Å². The second-order valence-corrected chi connectivity index (χ2v) is 13.8. The Morgan fingerprint density at radius 3 is 2.14 bits per heavy atom. The molecule has 2 aromatic carbocycles.